The molecule has 0 aliphatic carbocycles. The molecule has 0 saturated carbocycles. The van der Waals surface area contributed by atoms with Gasteiger partial charge in [-0.1, -0.05) is 0 Å². The highest BCUT2D eigenvalue weighted by Crippen LogP contribution is 2.17. The van der Waals surface area contributed by atoms with Crippen LogP contribution in [0, 0.1) is 5.82 Å². The summed E-state index contributed by atoms with van der Waals surface area (Å²) in [6, 6.07) is 1.33. The van der Waals surface area contributed by atoms with Gasteiger partial charge in [0.15, 0.2) is 17.5 Å². The van der Waals surface area contributed by atoms with Crippen LogP contribution in [0.3, 0.4) is 0 Å². The fraction of sp³-hybridized carbons (Fsp3) is 0.273. The first-order valence-corrected chi connectivity index (χ1v) is 5.73. The first-order valence-electron chi connectivity index (χ1n) is 5.73. The van der Waals surface area contributed by atoms with Crippen LogP contribution in [0.25, 0.3) is 0 Å². The molecule has 8 heteroatoms. The normalized spacial score (nSPS) is 14.3. The molecular formula is C11H11FN6O. The second-order valence-electron chi connectivity index (χ2n) is 4.23. The maximum atomic E-state index is 13.8. The lowest BCUT2D eigenvalue weighted by molar-refractivity contribution is 0.0702. The van der Waals surface area contributed by atoms with Crippen molar-refractivity contribution in [1.29, 1.82) is 0 Å². The molecule has 1 amide bonds. The average molecular weight is 262 g/mol. The van der Waals surface area contributed by atoms with Gasteiger partial charge in [0.2, 0.25) is 0 Å². The molecule has 1 aliphatic rings. The van der Waals surface area contributed by atoms with Gasteiger partial charge in [-0.15, -0.1) is 10.2 Å². The third kappa shape index (κ3) is 1.90. The summed E-state index contributed by atoms with van der Waals surface area (Å²) in [7, 11) is 0. The second-order valence-corrected chi connectivity index (χ2v) is 4.23. The van der Waals surface area contributed by atoms with Gasteiger partial charge in [0.05, 0.1) is 12.1 Å². The van der Waals surface area contributed by atoms with Crippen molar-refractivity contribution in [2.75, 3.05) is 12.3 Å². The monoisotopic (exact) mass is 262 g/mol. The number of pyridine rings is 1. The number of halogens is 1. The number of nitrogens with zero attached hydrogens (tertiary/aromatic N) is 5. The molecule has 0 fully saturated rings. The van der Waals surface area contributed by atoms with Crippen molar-refractivity contribution in [3.63, 3.8) is 0 Å². The van der Waals surface area contributed by atoms with Crippen LogP contribution in [0.5, 0.6) is 0 Å². The molecule has 7 nitrogen and oxygen atoms in total. The van der Waals surface area contributed by atoms with Crippen molar-refractivity contribution < 1.29 is 9.18 Å². The molecule has 0 saturated heterocycles. The first-order chi connectivity index (χ1) is 9.16. The summed E-state index contributed by atoms with van der Waals surface area (Å²) >= 11 is 0. The summed E-state index contributed by atoms with van der Waals surface area (Å²) in [4.78, 5) is 17.4. The summed E-state index contributed by atoms with van der Waals surface area (Å²) in [5.74, 6) is -0.784. The van der Waals surface area contributed by atoms with Gasteiger partial charge >= 0.3 is 0 Å². The van der Waals surface area contributed by atoms with E-state index in [2.05, 4.69) is 15.2 Å². The summed E-state index contributed by atoms with van der Waals surface area (Å²) in [5, 5.41) is 7.68. The summed E-state index contributed by atoms with van der Waals surface area (Å²) < 4.78 is 15.6. The van der Waals surface area contributed by atoms with Gasteiger partial charge in [-0.05, 0) is 6.07 Å². The molecule has 3 rings (SSSR count). The van der Waals surface area contributed by atoms with Crippen LogP contribution in [0.1, 0.15) is 16.2 Å². The number of carbonyl (C=O) groups is 1. The maximum absolute atomic E-state index is 13.8. The quantitative estimate of drug-likeness (QED) is 0.784. The summed E-state index contributed by atoms with van der Waals surface area (Å²) in [6.07, 6.45) is 2.93. The number of anilines is 1. The van der Waals surface area contributed by atoms with Gasteiger partial charge in [0.1, 0.15) is 6.33 Å². The Morgan fingerprint density at radius 2 is 2.26 bits per heavy atom. The lowest BCUT2D eigenvalue weighted by Gasteiger charge is -2.27. The third-order valence-corrected chi connectivity index (χ3v) is 3.07. The van der Waals surface area contributed by atoms with E-state index in [0.29, 0.717) is 25.5 Å². The molecule has 0 unspecified atom stereocenters. The zero-order chi connectivity index (χ0) is 13.4. The molecule has 0 spiro atoms. The van der Waals surface area contributed by atoms with Crippen molar-refractivity contribution in [3.05, 3.63) is 35.8 Å². The van der Waals surface area contributed by atoms with E-state index in [9.17, 15) is 9.18 Å². The van der Waals surface area contributed by atoms with E-state index in [0.717, 1.165) is 0 Å². The smallest absolute Gasteiger partial charge is 0.257 e. The minimum Gasteiger partial charge on any atom is -0.381 e. The average Bonchev–Trinajstić information content (AvgIpc) is 2.88. The zero-order valence-electron chi connectivity index (χ0n) is 9.95. The number of hydrogen-bond acceptors (Lipinski definition) is 5. The SMILES string of the molecule is Nc1nccc(C(=O)N2CCn3cnnc3C2)c1F. The van der Waals surface area contributed by atoms with E-state index >= 15 is 0 Å². The van der Waals surface area contributed by atoms with E-state index in [4.69, 9.17) is 5.73 Å². The van der Waals surface area contributed by atoms with Crippen LogP contribution in [0.15, 0.2) is 18.6 Å². The molecule has 98 valence electrons. The third-order valence-electron chi connectivity index (χ3n) is 3.07. The zero-order valence-corrected chi connectivity index (χ0v) is 9.95. The first kappa shape index (κ1) is 11.6. The van der Waals surface area contributed by atoms with Crippen LogP contribution in [-0.2, 0) is 13.1 Å². The van der Waals surface area contributed by atoms with E-state index in [1.165, 1.54) is 17.2 Å². The minimum atomic E-state index is -0.778. The standard InChI is InChI=1S/C11H11FN6O/c12-9-7(1-2-14-10(9)13)11(19)17-3-4-18-6-15-16-8(18)5-17/h1-2,6H,3-5H2,(H2,13,14). The molecule has 0 aromatic carbocycles. The lowest BCUT2D eigenvalue weighted by atomic mass is 10.2. The maximum Gasteiger partial charge on any atom is 0.257 e. The highest BCUT2D eigenvalue weighted by molar-refractivity contribution is 5.95. The van der Waals surface area contributed by atoms with Crippen LogP contribution in [0.2, 0.25) is 0 Å². The predicted molar refractivity (Wildman–Crippen MR) is 63.4 cm³/mol. The molecule has 1 aliphatic heterocycles. The molecule has 0 radical (unpaired) electrons. The molecule has 19 heavy (non-hydrogen) atoms. The Morgan fingerprint density at radius 1 is 1.42 bits per heavy atom. The Hall–Kier alpha value is -2.51. The molecule has 3 heterocycles. The van der Waals surface area contributed by atoms with Gasteiger partial charge in [-0.2, -0.15) is 0 Å². The molecular weight excluding hydrogens is 251 g/mol. The van der Waals surface area contributed by atoms with Crippen LogP contribution < -0.4 is 5.73 Å². The molecule has 2 N–H and O–H groups in total. The number of carbonyl (C=O) groups excluding carboxylic acids is 1. The van der Waals surface area contributed by atoms with Crippen molar-refractivity contribution >= 4 is 11.7 Å². The summed E-state index contributed by atoms with van der Waals surface area (Å²) in [5.41, 5.74) is 5.30. The fourth-order valence-electron chi connectivity index (χ4n) is 2.04. The largest absolute Gasteiger partial charge is 0.381 e. The van der Waals surface area contributed by atoms with Crippen molar-refractivity contribution in [2.45, 2.75) is 13.1 Å². The van der Waals surface area contributed by atoms with Crippen molar-refractivity contribution in [3.8, 4) is 0 Å². The van der Waals surface area contributed by atoms with Crippen LogP contribution in [0.4, 0.5) is 10.2 Å². The van der Waals surface area contributed by atoms with Gasteiger partial charge in [0.25, 0.3) is 5.91 Å². The Morgan fingerprint density at radius 3 is 3.11 bits per heavy atom. The van der Waals surface area contributed by atoms with Gasteiger partial charge in [-0.3, -0.25) is 4.79 Å². The Kier molecular flexibility index (Phi) is 2.62. The predicted octanol–water partition coefficient (Wildman–Crippen LogP) is 0.0504. The van der Waals surface area contributed by atoms with Crippen molar-refractivity contribution in [1.82, 2.24) is 24.6 Å². The van der Waals surface area contributed by atoms with Gasteiger partial charge in [-0.25, -0.2) is 9.37 Å². The fourth-order valence-corrected chi connectivity index (χ4v) is 2.04. The Labute approximate surface area is 107 Å². The molecule has 2 aromatic heterocycles. The lowest BCUT2D eigenvalue weighted by Crippen LogP contribution is -2.38. The number of fused-ring (bicyclic) bond motifs is 1. The second kappa shape index (κ2) is 4.30. The number of rotatable bonds is 1. The molecule has 0 atom stereocenters. The van der Waals surface area contributed by atoms with Gasteiger partial charge in [0, 0.05) is 19.3 Å². The summed E-state index contributed by atoms with van der Waals surface area (Å²) in [6.45, 7) is 1.38. The number of nitrogen functional groups attached to an aromatic ring is 1. The number of amides is 1. The van der Waals surface area contributed by atoms with E-state index < -0.39 is 11.7 Å². The Balaban J connectivity index is 1.88. The Bertz CT molecular complexity index is 640. The highest BCUT2D eigenvalue weighted by atomic mass is 19.1. The molecule has 2 aromatic rings. The minimum absolute atomic E-state index is 0.0690. The van der Waals surface area contributed by atoms with E-state index in [1.54, 1.807) is 6.33 Å². The molecule has 0 bridgehead atoms. The van der Waals surface area contributed by atoms with Crippen LogP contribution in [-0.4, -0.2) is 37.1 Å². The number of nitrogens with two attached hydrogens (primary N) is 1. The number of hydrogen-bond donors (Lipinski definition) is 1. The van der Waals surface area contributed by atoms with Crippen molar-refractivity contribution in [2.24, 2.45) is 0 Å². The number of aromatic nitrogens is 4. The van der Waals surface area contributed by atoms with Crippen LogP contribution >= 0.6 is 0 Å². The van der Waals surface area contributed by atoms with E-state index in [1.807, 2.05) is 4.57 Å². The topological polar surface area (TPSA) is 89.9 Å². The highest BCUT2D eigenvalue weighted by Gasteiger charge is 2.25. The van der Waals surface area contributed by atoms with Gasteiger partial charge < -0.3 is 15.2 Å². The van der Waals surface area contributed by atoms with E-state index in [-0.39, 0.29) is 11.4 Å².